The first-order valence-electron chi connectivity index (χ1n) is 3.18. The summed E-state index contributed by atoms with van der Waals surface area (Å²) in [5.74, 6) is 0. The number of hydrogen-bond donors (Lipinski definition) is 1. The van der Waals surface area contributed by atoms with Gasteiger partial charge in [0.05, 0.1) is 0 Å². The van der Waals surface area contributed by atoms with Gasteiger partial charge < -0.3 is 5.32 Å². The van der Waals surface area contributed by atoms with Gasteiger partial charge in [0.15, 0.2) is 5.12 Å². The van der Waals surface area contributed by atoms with Gasteiger partial charge in [-0.25, -0.2) is 0 Å². The van der Waals surface area contributed by atoms with Crippen LogP contribution >= 0.6 is 11.8 Å². The maximum absolute atomic E-state index is 10.5. The van der Waals surface area contributed by atoms with Gasteiger partial charge in [-0.2, -0.15) is 0 Å². The van der Waals surface area contributed by atoms with Crippen molar-refractivity contribution in [2.24, 2.45) is 0 Å². The Hall–Kier alpha value is -0.440. The Labute approximate surface area is 66.1 Å². The van der Waals surface area contributed by atoms with Crippen molar-refractivity contribution < 1.29 is 4.79 Å². The molecule has 3 heteroatoms. The van der Waals surface area contributed by atoms with Crippen LogP contribution in [0.1, 0.15) is 13.8 Å². The maximum atomic E-state index is 10.5. The monoisotopic (exact) mass is 159 g/mol. The maximum Gasteiger partial charge on any atom is 0.186 e. The molecule has 58 valence electrons. The molecule has 1 atom stereocenters. The largest absolute Gasteiger partial charge is 0.390 e. The van der Waals surface area contributed by atoms with Crippen LogP contribution in [-0.2, 0) is 4.79 Å². The van der Waals surface area contributed by atoms with Gasteiger partial charge in [-0.15, -0.1) is 0 Å². The van der Waals surface area contributed by atoms with E-state index in [1.54, 1.807) is 13.1 Å². The fourth-order valence-corrected chi connectivity index (χ4v) is 1.32. The topological polar surface area (TPSA) is 29.1 Å². The van der Waals surface area contributed by atoms with Gasteiger partial charge in [-0.05, 0) is 6.20 Å². The van der Waals surface area contributed by atoms with E-state index < -0.39 is 0 Å². The van der Waals surface area contributed by atoms with Crippen LogP contribution in [0.4, 0.5) is 0 Å². The van der Waals surface area contributed by atoms with Crippen molar-refractivity contribution >= 4 is 16.9 Å². The predicted octanol–water partition coefficient (Wildman–Crippen LogP) is 1.39. The Morgan fingerprint density at radius 2 is 2.50 bits per heavy atom. The fourth-order valence-electron chi connectivity index (χ4n) is 0.574. The lowest BCUT2D eigenvalue weighted by Gasteiger charge is -2.06. The molecule has 0 rings (SSSR count). The lowest BCUT2D eigenvalue weighted by atomic mass is 10.5. The Balaban J connectivity index is 3.33. The summed E-state index contributed by atoms with van der Waals surface area (Å²) in [4.78, 5) is 10.5. The van der Waals surface area contributed by atoms with Crippen molar-refractivity contribution in [2.45, 2.75) is 19.1 Å². The van der Waals surface area contributed by atoms with Gasteiger partial charge in [-0.3, -0.25) is 4.79 Å². The van der Waals surface area contributed by atoms with Gasteiger partial charge in [-0.1, -0.05) is 25.3 Å². The van der Waals surface area contributed by atoms with E-state index in [4.69, 9.17) is 0 Å². The Kier molecular flexibility index (Phi) is 5.12. The van der Waals surface area contributed by atoms with Crippen LogP contribution in [0.2, 0.25) is 0 Å². The Morgan fingerprint density at radius 3 is 2.90 bits per heavy atom. The number of thioether (sulfide) groups is 1. The first-order chi connectivity index (χ1) is 4.66. The zero-order chi connectivity index (χ0) is 7.98. The summed E-state index contributed by atoms with van der Waals surface area (Å²) in [5.41, 5.74) is 0. The molecule has 2 nitrogen and oxygen atoms in total. The van der Waals surface area contributed by atoms with Crippen LogP contribution in [0, 0.1) is 0 Å². The van der Waals surface area contributed by atoms with Crippen LogP contribution in [0.25, 0.3) is 0 Å². The molecule has 0 aliphatic carbocycles. The number of rotatable bonds is 4. The van der Waals surface area contributed by atoms with Gasteiger partial charge in [0.1, 0.15) is 0 Å². The van der Waals surface area contributed by atoms with Gasteiger partial charge in [0.2, 0.25) is 0 Å². The molecular formula is C7H13NOS. The molecule has 0 aliphatic heterocycles. The van der Waals surface area contributed by atoms with Crippen LogP contribution < -0.4 is 5.32 Å². The summed E-state index contributed by atoms with van der Waals surface area (Å²) in [6, 6.07) is 0. The summed E-state index contributed by atoms with van der Waals surface area (Å²) in [7, 11) is 0. The fraction of sp³-hybridized carbons (Fsp3) is 0.571. The van der Waals surface area contributed by atoms with E-state index in [1.807, 2.05) is 6.92 Å². The van der Waals surface area contributed by atoms with E-state index in [2.05, 4.69) is 11.9 Å². The second-order valence-corrected chi connectivity index (χ2v) is 3.65. The number of carbonyl (C=O) groups excluding carboxylic acids is 1. The quantitative estimate of drug-likeness (QED) is 0.672. The van der Waals surface area contributed by atoms with E-state index in [1.165, 1.54) is 11.8 Å². The molecule has 0 spiro atoms. The molecule has 0 aromatic rings. The van der Waals surface area contributed by atoms with E-state index in [-0.39, 0.29) is 5.12 Å². The predicted molar refractivity (Wildman–Crippen MR) is 45.9 cm³/mol. The summed E-state index contributed by atoms with van der Waals surface area (Å²) in [6.45, 7) is 7.89. The highest BCUT2D eigenvalue weighted by Crippen LogP contribution is 2.09. The van der Waals surface area contributed by atoms with Gasteiger partial charge >= 0.3 is 0 Å². The zero-order valence-corrected chi connectivity index (χ0v) is 7.20. The van der Waals surface area contributed by atoms with Gasteiger partial charge in [0.25, 0.3) is 0 Å². The molecule has 0 aliphatic rings. The summed E-state index contributed by atoms with van der Waals surface area (Å²) >= 11 is 1.35. The molecule has 0 aromatic heterocycles. The molecule has 0 heterocycles. The number of hydrogen-bond acceptors (Lipinski definition) is 3. The molecule has 1 unspecified atom stereocenters. The third kappa shape index (κ3) is 5.69. The van der Waals surface area contributed by atoms with E-state index in [0.717, 1.165) is 6.54 Å². The average Bonchev–Trinajstić information content (AvgIpc) is 1.82. The number of nitrogens with one attached hydrogen (secondary N) is 1. The second-order valence-electron chi connectivity index (χ2n) is 2.03. The van der Waals surface area contributed by atoms with Gasteiger partial charge in [0, 0.05) is 18.7 Å². The first-order valence-corrected chi connectivity index (χ1v) is 4.06. The highest BCUT2D eigenvalue weighted by Gasteiger charge is 2.03. The minimum absolute atomic E-state index is 0.165. The summed E-state index contributed by atoms with van der Waals surface area (Å²) in [5, 5.41) is 3.44. The van der Waals surface area contributed by atoms with Crippen molar-refractivity contribution in [1.29, 1.82) is 0 Å². The smallest absolute Gasteiger partial charge is 0.186 e. The summed E-state index contributed by atoms with van der Waals surface area (Å²) in [6.07, 6.45) is 1.64. The van der Waals surface area contributed by atoms with E-state index in [9.17, 15) is 4.79 Å². The van der Waals surface area contributed by atoms with Crippen LogP contribution in [0.5, 0.6) is 0 Å². The first kappa shape index (κ1) is 9.56. The molecule has 0 fully saturated rings. The SMILES string of the molecule is C=CNCC(C)SC(C)=O. The summed E-state index contributed by atoms with van der Waals surface area (Å²) < 4.78 is 0. The van der Waals surface area contributed by atoms with Crippen molar-refractivity contribution in [3.63, 3.8) is 0 Å². The standard InChI is InChI=1S/C7H13NOS/c1-4-8-5-6(2)10-7(3)9/h4,6,8H,1,5H2,2-3H3. The lowest BCUT2D eigenvalue weighted by molar-refractivity contribution is -0.109. The third-order valence-electron chi connectivity index (χ3n) is 0.917. The Morgan fingerprint density at radius 1 is 1.90 bits per heavy atom. The zero-order valence-electron chi connectivity index (χ0n) is 6.39. The molecule has 1 N–H and O–H groups in total. The average molecular weight is 159 g/mol. The van der Waals surface area contributed by atoms with Crippen molar-refractivity contribution in [3.05, 3.63) is 12.8 Å². The van der Waals surface area contributed by atoms with E-state index >= 15 is 0 Å². The second kappa shape index (κ2) is 5.35. The number of carbonyl (C=O) groups is 1. The Bertz CT molecular complexity index is 125. The van der Waals surface area contributed by atoms with E-state index in [0.29, 0.717) is 5.25 Å². The van der Waals surface area contributed by atoms with Crippen molar-refractivity contribution in [2.75, 3.05) is 6.54 Å². The minimum Gasteiger partial charge on any atom is -0.390 e. The molecule has 0 radical (unpaired) electrons. The minimum atomic E-state index is 0.165. The van der Waals surface area contributed by atoms with Crippen LogP contribution in [0.3, 0.4) is 0 Å². The third-order valence-corrected chi connectivity index (χ3v) is 1.82. The molecule has 0 bridgehead atoms. The molecule has 0 saturated carbocycles. The highest BCUT2D eigenvalue weighted by molar-refractivity contribution is 8.14. The molecule has 0 amide bonds. The van der Waals surface area contributed by atoms with Crippen LogP contribution in [0.15, 0.2) is 12.8 Å². The molecule has 0 aromatic carbocycles. The van der Waals surface area contributed by atoms with Crippen molar-refractivity contribution in [3.8, 4) is 0 Å². The van der Waals surface area contributed by atoms with Crippen molar-refractivity contribution in [1.82, 2.24) is 5.32 Å². The molecule has 0 saturated heterocycles. The van der Waals surface area contributed by atoms with Crippen LogP contribution in [-0.4, -0.2) is 16.9 Å². The highest BCUT2D eigenvalue weighted by atomic mass is 32.2. The molecule has 10 heavy (non-hydrogen) atoms. The lowest BCUT2D eigenvalue weighted by Crippen LogP contribution is -2.17. The molecular weight excluding hydrogens is 146 g/mol. The normalized spacial score (nSPS) is 12.2.